The molecule has 11 heteroatoms. The van der Waals surface area contributed by atoms with Gasteiger partial charge in [0.15, 0.2) is 0 Å². The van der Waals surface area contributed by atoms with Crippen molar-refractivity contribution in [2.24, 2.45) is 0 Å². The minimum atomic E-state index is -4.21. The van der Waals surface area contributed by atoms with Crippen LogP contribution in [-0.4, -0.2) is 50.4 Å². The maximum atomic E-state index is 14.1. The van der Waals surface area contributed by atoms with E-state index in [4.69, 9.17) is 27.9 Å². The summed E-state index contributed by atoms with van der Waals surface area (Å²) in [5, 5.41) is 3.79. The van der Waals surface area contributed by atoms with Gasteiger partial charge in [0.25, 0.3) is 10.0 Å². The number of ether oxygens (including phenoxy) is 1. The normalized spacial score (nSPS) is 12.1. The van der Waals surface area contributed by atoms with Crippen LogP contribution in [0.25, 0.3) is 0 Å². The third-order valence-electron chi connectivity index (χ3n) is 6.20. The Kier molecular flexibility index (Phi) is 11.5. The number of sulfonamides is 1. The zero-order valence-electron chi connectivity index (χ0n) is 23.5. The van der Waals surface area contributed by atoms with Crippen LogP contribution < -0.4 is 14.4 Å². The zero-order chi connectivity index (χ0) is 30.2. The summed E-state index contributed by atoms with van der Waals surface area (Å²) in [5.41, 5.74) is 1.01. The second kappa shape index (κ2) is 14.6. The highest BCUT2D eigenvalue weighted by Crippen LogP contribution is 2.27. The molecule has 0 saturated heterocycles. The summed E-state index contributed by atoms with van der Waals surface area (Å²) in [6.07, 6.45) is 0.324. The van der Waals surface area contributed by atoms with Crippen LogP contribution in [0.4, 0.5) is 5.69 Å². The second-order valence-corrected chi connectivity index (χ2v) is 12.4. The Labute approximate surface area is 252 Å². The van der Waals surface area contributed by atoms with Crippen molar-refractivity contribution in [3.8, 4) is 5.75 Å². The fourth-order valence-electron chi connectivity index (χ4n) is 4.22. The Morgan fingerprint density at radius 2 is 1.44 bits per heavy atom. The molecule has 0 aliphatic carbocycles. The second-order valence-electron chi connectivity index (χ2n) is 9.63. The van der Waals surface area contributed by atoms with Gasteiger partial charge in [-0.2, -0.15) is 0 Å². The highest BCUT2D eigenvalue weighted by atomic mass is 35.5. The minimum absolute atomic E-state index is 0.0302. The molecule has 0 bridgehead atoms. The molecule has 3 aromatic rings. The van der Waals surface area contributed by atoms with Crippen molar-refractivity contribution < 1.29 is 22.7 Å². The highest BCUT2D eigenvalue weighted by Gasteiger charge is 2.34. The first kappa shape index (κ1) is 32.2. The number of carbonyl (C=O) groups is 2. The molecule has 0 spiro atoms. The van der Waals surface area contributed by atoms with Gasteiger partial charge in [-0.05, 0) is 93.4 Å². The molecule has 0 aliphatic heterocycles. The molecule has 3 aromatic carbocycles. The Hall–Kier alpha value is -3.27. The van der Waals surface area contributed by atoms with Gasteiger partial charge in [-0.15, -0.1) is 0 Å². The van der Waals surface area contributed by atoms with Gasteiger partial charge in [0.05, 0.1) is 17.2 Å². The summed E-state index contributed by atoms with van der Waals surface area (Å²) in [7, 11) is -4.21. The van der Waals surface area contributed by atoms with Crippen molar-refractivity contribution in [2.75, 3.05) is 17.5 Å². The monoisotopic (exact) mass is 619 g/mol. The molecule has 8 nitrogen and oxygen atoms in total. The molecule has 1 atom stereocenters. The number of anilines is 1. The smallest absolute Gasteiger partial charge is 0.264 e. The first-order valence-electron chi connectivity index (χ1n) is 13.3. The van der Waals surface area contributed by atoms with Crippen molar-refractivity contribution in [2.45, 2.75) is 57.6 Å². The van der Waals surface area contributed by atoms with Crippen LogP contribution in [0.15, 0.2) is 77.7 Å². The van der Waals surface area contributed by atoms with E-state index in [2.05, 4.69) is 5.32 Å². The fourth-order valence-corrected chi connectivity index (χ4v) is 5.89. The summed E-state index contributed by atoms with van der Waals surface area (Å²) in [4.78, 5) is 28.6. The van der Waals surface area contributed by atoms with E-state index in [0.29, 0.717) is 28.8 Å². The van der Waals surface area contributed by atoms with E-state index in [0.717, 1.165) is 9.87 Å². The lowest BCUT2D eigenvalue weighted by Crippen LogP contribution is -2.53. The van der Waals surface area contributed by atoms with Crippen LogP contribution in [0.1, 0.15) is 39.7 Å². The number of amides is 2. The van der Waals surface area contributed by atoms with Gasteiger partial charge in [0, 0.05) is 22.6 Å². The van der Waals surface area contributed by atoms with E-state index in [1.165, 1.54) is 29.2 Å². The molecule has 0 saturated carbocycles. The molecule has 1 unspecified atom stereocenters. The zero-order valence-corrected chi connectivity index (χ0v) is 25.8. The molecule has 0 fully saturated rings. The predicted octanol–water partition coefficient (Wildman–Crippen LogP) is 5.92. The average Bonchev–Trinajstić information content (AvgIpc) is 2.93. The molecule has 0 aliphatic rings. The van der Waals surface area contributed by atoms with E-state index >= 15 is 0 Å². The summed E-state index contributed by atoms with van der Waals surface area (Å²) < 4.78 is 34.4. The molecule has 2 amide bonds. The van der Waals surface area contributed by atoms with E-state index in [9.17, 15) is 18.0 Å². The van der Waals surface area contributed by atoms with Crippen LogP contribution in [-0.2, 0) is 26.2 Å². The summed E-state index contributed by atoms with van der Waals surface area (Å²) in [6.45, 7) is 7.31. The number of halogens is 2. The fraction of sp³-hybridized carbons (Fsp3) is 0.333. The molecule has 0 aromatic heterocycles. The van der Waals surface area contributed by atoms with Crippen LogP contribution >= 0.6 is 23.2 Å². The van der Waals surface area contributed by atoms with Crippen LogP contribution in [0, 0.1) is 0 Å². The van der Waals surface area contributed by atoms with Crippen LogP contribution in [0.5, 0.6) is 5.75 Å². The third kappa shape index (κ3) is 8.61. The number of benzene rings is 3. The molecule has 1 N–H and O–H groups in total. The van der Waals surface area contributed by atoms with Crippen molar-refractivity contribution in [3.05, 3.63) is 88.4 Å². The SMILES string of the molecule is CCOc1ccc(N(CC(=O)N(Cc2ccc(Cl)cc2)C(CC)C(=O)NC(C)C)S(=O)(=O)c2ccc(Cl)cc2)cc1. The van der Waals surface area contributed by atoms with Crippen molar-refractivity contribution in [1.29, 1.82) is 0 Å². The molecule has 3 rings (SSSR count). The largest absolute Gasteiger partial charge is 0.494 e. The molecular formula is C30H35Cl2N3O5S. The Balaban J connectivity index is 2.06. The number of hydrogen-bond acceptors (Lipinski definition) is 5. The number of nitrogens with zero attached hydrogens (tertiary/aromatic N) is 2. The number of nitrogens with one attached hydrogen (secondary N) is 1. The average molecular weight is 621 g/mol. The maximum absolute atomic E-state index is 14.1. The first-order chi connectivity index (χ1) is 19.5. The quantitative estimate of drug-likeness (QED) is 0.256. The number of carbonyl (C=O) groups excluding carboxylic acids is 2. The first-order valence-corrected chi connectivity index (χ1v) is 15.5. The van der Waals surface area contributed by atoms with Crippen molar-refractivity contribution in [1.82, 2.24) is 10.2 Å². The van der Waals surface area contributed by atoms with Crippen molar-refractivity contribution >= 4 is 50.7 Å². The Bertz CT molecular complexity index is 1410. The van der Waals surface area contributed by atoms with E-state index in [-0.39, 0.29) is 29.1 Å². The highest BCUT2D eigenvalue weighted by molar-refractivity contribution is 7.92. The lowest BCUT2D eigenvalue weighted by atomic mass is 10.1. The predicted molar refractivity (Wildman–Crippen MR) is 163 cm³/mol. The molecular weight excluding hydrogens is 585 g/mol. The Morgan fingerprint density at radius 1 is 0.878 bits per heavy atom. The van der Waals surface area contributed by atoms with Gasteiger partial charge in [0.2, 0.25) is 11.8 Å². The molecule has 220 valence electrons. The van der Waals surface area contributed by atoms with Gasteiger partial charge >= 0.3 is 0 Å². The van der Waals surface area contributed by atoms with Crippen LogP contribution in [0.2, 0.25) is 10.0 Å². The van der Waals surface area contributed by atoms with E-state index < -0.39 is 28.5 Å². The minimum Gasteiger partial charge on any atom is -0.494 e. The Morgan fingerprint density at radius 3 is 1.95 bits per heavy atom. The van der Waals surface area contributed by atoms with Gasteiger partial charge in [-0.3, -0.25) is 13.9 Å². The lowest BCUT2D eigenvalue weighted by Gasteiger charge is -2.33. The van der Waals surface area contributed by atoms with Crippen molar-refractivity contribution in [3.63, 3.8) is 0 Å². The molecule has 41 heavy (non-hydrogen) atoms. The van der Waals surface area contributed by atoms with Gasteiger partial charge in [-0.25, -0.2) is 8.42 Å². The summed E-state index contributed by atoms with van der Waals surface area (Å²) in [6, 6.07) is 18.1. The third-order valence-corrected chi connectivity index (χ3v) is 8.49. The summed E-state index contributed by atoms with van der Waals surface area (Å²) in [5.74, 6) is -0.303. The molecule has 0 radical (unpaired) electrons. The van der Waals surface area contributed by atoms with Gasteiger partial charge in [-0.1, -0.05) is 42.3 Å². The van der Waals surface area contributed by atoms with Gasteiger partial charge < -0.3 is 15.0 Å². The van der Waals surface area contributed by atoms with E-state index in [1.54, 1.807) is 55.5 Å². The lowest BCUT2D eigenvalue weighted by molar-refractivity contribution is -0.140. The maximum Gasteiger partial charge on any atom is 0.264 e. The standard InChI is InChI=1S/C30H35Cl2N3O5S/c1-5-28(30(37)33-21(3)4)34(19-22-7-9-23(31)10-8-22)29(36)20-35(25-13-15-26(16-14-25)40-6-2)41(38,39)27-17-11-24(32)12-18-27/h7-18,21,28H,5-6,19-20H2,1-4H3,(H,33,37). The molecule has 0 heterocycles. The summed E-state index contributed by atoms with van der Waals surface area (Å²) >= 11 is 12.1. The van der Waals surface area contributed by atoms with Crippen LogP contribution in [0.3, 0.4) is 0 Å². The number of rotatable bonds is 13. The number of hydrogen-bond donors (Lipinski definition) is 1. The van der Waals surface area contributed by atoms with Gasteiger partial charge in [0.1, 0.15) is 18.3 Å². The van der Waals surface area contributed by atoms with E-state index in [1.807, 2.05) is 20.8 Å². The topological polar surface area (TPSA) is 96.0 Å².